The highest BCUT2D eigenvalue weighted by atomic mass is 35.5. The van der Waals surface area contributed by atoms with Gasteiger partial charge in [-0.1, -0.05) is 23.7 Å². The van der Waals surface area contributed by atoms with Gasteiger partial charge >= 0.3 is 12.6 Å². The van der Waals surface area contributed by atoms with Gasteiger partial charge in [0, 0.05) is 4.88 Å². The highest BCUT2D eigenvalue weighted by molar-refractivity contribution is 7.16. The van der Waals surface area contributed by atoms with Crippen molar-refractivity contribution in [3.63, 3.8) is 0 Å². The Bertz CT molecular complexity index is 812. The molecule has 1 aliphatic heterocycles. The molecule has 3 rings (SSSR count). The zero-order chi connectivity index (χ0) is 18.2. The van der Waals surface area contributed by atoms with Gasteiger partial charge in [0.25, 0.3) is 5.91 Å². The number of urea groups is 1. The summed E-state index contributed by atoms with van der Waals surface area (Å²) in [5.74, 6) is -0.450. The normalized spacial score (nSPS) is 20.3. The highest BCUT2D eigenvalue weighted by Crippen LogP contribution is 2.32. The minimum absolute atomic E-state index is 0.0239. The number of thiophene rings is 1. The van der Waals surface area contributed by atoms with Crippen molar-refractivity contribution >= 4 is 34.9 Å². The minimum Gasteiger partial charge on any atom is -0.435 e. The molecule has 0 aliphatic carbocycles. The summed E-state index contributed by atoms with van der Waals surface area (Å²) >= 11 is 7.16. The molecule has 1 unspecified atom stereocenters. The Morgan fingerprint density at radius 1 is 1.24 bits per heavy atom. The van der Waals surface area contributed by atoms with Crippen LogP contribution in [0.3, 0.4) is 0 Å². The van der Waals surface area contributed by atoms with Crippen molar-refractivity contribution in [3.05, 3.63) is 51.2 Å². The van der Waals surface area contributed by atoms with Crippen LogP contribution in [0.5, 0.6) is 5.75 Å². The highest BCUT2D eigenvalue weighted by Gasteiger charge is 2.49. The molecule has 1 aromatic heterocycles. The van der Waals surface area contributed by atoms with Crippen LogP contribution in [0.1, 0.15) is 17.4 Å². The van der Waals surface area contributed by atoms with E-state index >= 15 is 0 Å². The Hall–Kier alpha value is -2.19. The number of imide groups is 1. The maximum Gasteiger partial charge on any atom is 0.387 e. The maximum absolute atomic E-state index is 12.8. The number of rotatable bonds is 5. The van der Waals surface area contributed by atoms with Gasteiger partial charge in [0.2, 0.25) is 0 Å². The molecular weight excluding hydrogens is 374 g/mol. The number of benzene rings is 1. The van der Waals surface area contributed by atoms with Crippen molar-refractivity contribution in [1.29, 1.82) is 0 Å². The zero-order valence-corrected chi connectivity index (χ0v) is 14.5. The van der Waals surface area contributed by atoms with Crippen LogP contribution < -0.4 is 10.1 Å². The molecule has 0 bridgehead atoms. The van der Waals surface area contributed by atoms with Crippen LogP contribution in [0, 0.1) is 0 Å². The molecule has 3 amide bonds. The second kappa shape index (κ2) is 6.61. The molecule has 0 saturated carbocycles. The number of nitrogens with zero attached hydrogens (tertiary/aromatic N) is 1. The van der Waals surface area contributed by atoms with Crippen LogP contribution >= 0.6 is 22.9 Å². The minimum atomic E-state index is -2.93. The summed E-state index contributed by atoms with van der Waals surface area (Å²) in [7, 11) is 0. The Labute approximate surface area is 151 Å². The molecule has 5 nitrogen and oxygen atoms in total. The molecule has 0 radical (unpaired) electrons. The average Bonchev–Trinajstić information content (AvgIpc) is 3.05. The van der Waals surface area contributed by atoms with Crippen molar-refractivity contribution in [2.24, 2.45) is 0 Å². The van der Waals surface area contributed by atoms with Gasteiger partial charge in [-0.15, -0.1) is 11.3 Å². The van der Waals surface area contributed by atoms with Gasteiger partial charge in [-0.05, 0) is 36.8 Å². The molecule has 2 heterocycles. The lowest BCUT2D eigenvalue weighted by Crippen LogP contribution is -2.40. The van der Waals surface area contributed by atoms with Crippen LogP contribution in [0.15, 0.2) is 36.4 Å². The Morgan fingerprint density at radius 3 is 2.48 bits per heavy atom. The third-order valence-corrected chi connectivity index (χ3v) is 5.09. The second-order valence-corrected chi connectivity index (χ2v) is 7.35. The van der Waals surface area contributed by atoms with Gasteiger partial charge in [0.1, 0.15) is 11.3 Å². The third kappa shape index (κ3) is 3.45. The lowest BCUT2D eigenvalue weighted by Gasteiger charge is -2.22. The van der Waals surface area contributed by atoms with Crippen LogP contribution in [-0.4, -0.2) is 23.4 Å². The lowest BCUT2D eigenvalue weighted by atomic mass is 9.92. The first-order chi connectivity index (χ1) is 11.8. The molecule has 1 N–H and O–H groups in total. The van der Waals surface area contributed by atoms with Crippen LogP contribution in [0.4, 0.5) is 13.6 Å². The molecule has 1 fully saturated rings. The van der Waals surface area contributed by atoms with E-state index in [4.69, 9.17) is 11.6 Å². The van der Waals surface area contributed by atoms with Gasteiger partial charge in [0.15, 0.2) is 0 Å². The number of hydrogen-bond acceptors (Lipinski definition) is 4. The third-order valence-electron chi connectivity index (χ3n) is 3.87. The van der Waals surface area contributed by atoms with Crippen molar-refractivity contribution in [2.45, 2.75) is 25.6 Å². The molecular formula is C16H13ClF2N2O3S. The molecule has 132 valence electrons. The van der Waals surface area contributed by atoms with Crippen molar-refractivity contribution in [2.75, 3.05) is 0 Å². The first-order valence-corrected chi connectivity index (χ1v) is 8.43. The van der Waals surface area contributed by atoms with Crippen molar-refractivity contribution in [3.8, 4) is 5.75 Å². The van der Waals surface area contributed by atoms with E-state index in [-0.39, 0.29) is 12.3 Å². The van der Waals surface area contributed by atoms with Gasteiger partial charge in [0.05, 0.1) is 10.9 Å². The maximum atomic E-state index is 12.8. The number of carbonyl (C=O) groups is 2. The van der Waals surface area contributed by atoms with E-state index in [0.29, 0.717) is 9.90 Å². The second-order valence-electron chi connectivity index (χ2n) is 5.56. The number of amides is 3. The first-order valence-electron chi connectivity index (χ1n) is 7.23. The summed E-state index contributed by atoms with van der Waals surface area (Å²) in [6.45, 7) is -1.25. The zero-order valence-electron chi connectivity index (χ0n) is 13.0. The molecule has 2 aromatic rings. The molecule has 0 spiro atoms. The summed E-state index contributed by atoms with van der Waals surface area (Å²) in [6, 6.07) is 8.52. The SMILES string of the molecule is CC1(c2ccc(OC(F)F)cc2)NC(=O)N(Cc2ccc(Cl)s2)C1=O. The number of ether oxygens (including phenoxy) is 1. The Kier molecular flexibility index (Phi) is 4.66. The molecule has 1 aliphatic rings. The number of hydrogen-bond donors (Lipinski definition) is 1. The average molecular weight is 387 g/mol. The van der Waals surface area contributed by atoms with Gasteiger partial charge in [-0.2, -0.15) is 8.78 Å². The van der Waals surface area contributed by atoms with E-state index in [1.165, 1.54) is 35.6 Å². The number of carbonyl (C=O) groups excluding carboxylic acids is 2. The molecule has 9 heteroatoms. The van der Waals surface area contributed by atoms with E-state index in [1.807, 2.05) is 0 Å². The van der Waals surface area contributed by atoms with E-state index in [1.54, 1.807) is 19.1 Å². The molecule has 1 atom stereocenters. The van der Waals surface area contributed by atoms with Crippen LogP contribution in [-0.2, 0) is 16.9 Å². The summed E-state index contributed by atoms with van der Waals surface area (Å²) in [5.41, 5.74) is -0.805. The lowest BCUT2D eigenvalue weighted by molar-refractivity contribution is -0.131. The molecule has 25 heavy (non-hydrogen) atoms. The van der Waals surface area contributed by atoms with Crippen LogP contribution in [0.2, 0.25) is 4.34 Å². The van der Waals surface area contributed by atoms with E-state index in [2.05, 4.69) is 10.1 Å². The predicted molar refractivity (Wildman–Crippen MR) is 88.8 cm³/mol. The Balaban J connectivity index is 1.81. The largest absolute Gasteiger partial charge is 0.435 e. The van der Waals surface area contributed by atoms with Crippen molar-refractivity contribution in [1.82, 2.24) is 10.2 Å². The summed E-state index contributed by atoms with van der Waals surface area (Å²) in [5, 5.41) is 2.65. The van der Waals surface area contributed by atoms with E-state index < -0.39 is 24.1 Å². The smallest absolute Gasteiger partial charge is 0.387 e. The quantitative estimate of drug-likeness (QED) is 0.791. The monoisotopic (exact) mass is 386 g/mol. The number of alkyl halides is 2. The first kappa shape index (κ1) is 17.6. The fraction of sp³-hybridized carbons (Fsp3) is 0.250. The van der Waals surface area contributed by atoms with E-state index in [9.17, 15) is 18.4 Å². The van der Waals surface area contributed by atoms with Gasteiger partial charge < -0.3 is 10.1 Å². The number of nitrogens with one attached hydrogen (secondary N) is 1. The molecule has 1 aromatic carbocycles. The number of halogens is 3. The summed E-state index contributed by atoms with van der Waals surface area (Å²) < 4.78 is 29.3. The topological polar surface area (TPSA) is 58.6 Å². The molecule has 1 saturated heterocycles. The van der Waals surface area contributed by atoms with E-state index in [0.717, 1.165) is 9.78 Å². The van der Waals surface area contributed by atoms with Crippen molar-refractivity contribution < 1.29 is 23.1 Å². The fourth-order valence-electron chi connectivity index (χ4n) is 2.60. The van der Waals surface area contributed by atoms with Gasteiger partial charge in [-0.3, -0.25) is 9.69 Å². The van der Waals surface area contributed by atoms with Gasteiger partial charge in [-0.25, -0.2) is 4.79 Å². The Morgan fingerprint density at radius 2 is 1.92 bits per heavy atom. The standard InChI is InChI=1S/C16H13ClF2N2O3S/c1-16(9-2-4-10(5-3-9)24-14(18)19)13(22)21(15(23)20-16)8-11-6-7-12(17)25-11/h2-7,14H,8H2,1H3,(H,20,23). The summed E-state index contributed by atoms with van der Waals surface area (Å²) in [4.78, 5) is 26.9. The fourth-order valence-corrected chi connectivity index (χ4v) is 3.68. The van der Waals surface area contributed by atoms with Crippen LogP contribution in [0.25, 0.3) is 0 Å². The summed E-state index contributed by atoms with van der Waals surface area (Å²) in [6.07, 6.45) is 0. The predicted octanol–water partition coefficient (Wildman–Crippen LogP) is 3.97.